The molecule has 0 aliphatic carbocycles. The number of benzene rings is 1. The summed E-state index contributed by atoms with van der Waals surface area (Å²) in [6.07, 6.45) is 0.376. The molecule has 0 saturated carbocycles. The summed E-state index contributed by atoms with van der Waals surface area (Å²) in [4.78, 5) is 19.0. The zero-order valence-electron chi connectivity index (χ0n) is 11.4. The lowest BCUT2D eigenvalue weighted by molar-refractivity contribution is -0.115. The van der Waals surface area contributed by atoms with Crippen LogP contribution in [0.1, 0.15) is 13.3 Å². The molecule has 0 spiro atoms. The van der Waals surface area contributed by atoms with Crippen molar-refractivity contribution in [3.8, 4) is 5.75 Å². The molecular formula is C12H18N6O2. The first-order valence-corrected chi connectivity index (χ1v) is 5.88. The molecule has 0 unspecified atom stereocenters. The third-order valence-corrected chi connectivity index (χ3v) is 2.26. The predicted octanol–water partition coefficient (Wildman–Crippen LogP) is 0.263. The highest BCUT2D eigenvalue weighted by Gasteiger charge is 2.06. The van der Waals surface area contributed by atoms with Gasteiger partial charge in [0, 0.05) is 12.1 Å². The quantitative estimate of drug-likeness (QED) is 0.462. The molecule has 20 heavy (non-hydrogen) atoms. The molecule has 0 aliphatic rings. The fraction of sp³-hybridized carbons (Fsp3) is 0.250. The molecule has 8 heteroatoms. The lowest BCUT2D eigenvalue weighted by Gasteiger charge is -2.08. The monoisotopic (exact) mass is 278 g/mol. The summed E-state index contributed by atoms with van der Waals surface area (Å²) in [6, 6.07) is 4.97. The average Bonchev–Trinajstić information content (AvgIpc) is 2.37. The van der Waals surface area contributed by atoms with Crippen molar-refractivity contribution >= 4 is 29.2 Å². The fourth-order valence-corrected chi connectivity index (χ4v) is 1.39. The van der Waals surface area contributed by atoms with Gasteiger partial charge in [-0.3, -0.25) is 4.79 Å². The van der Waals surface area contributed by atoms with E-state index in [0.717, 1.165) is 0 Å². The van der Waals surface area contributed by atoms with Gasteiger partial charge >= 0.3 is 0 Å². The third-order valence-electron chi connectivity index (χ3n) is 2.26. The SMILES string of the molecule is CCC(=O)Nc1ccc(OC)c(N=C(N)N=C(N)N)c1. The molecule has 1 aromatic carbocycles. The number of amides is 1. The average molecular weight is 278 g/mol. The molecule has 8 nitrogen and oxygen atoms in total. The Morgan fingerprint density at radius 2 is 2.05 bits per heavy atom. The Hall–Kier alpha value is -2.77. The number of ether oxygens (including phenoxy) is 1. The van der Waals surface area contributed by atoms with Gasteiger partial charge in [0.1, 0.15) is 11.4 Å². The Kier molecular flexibility index (Phi) is 5.33. The molecule has 0 fully saturated rings. The van der Waals surface area contributed by atoms with E-state index in [1.165, 1.54) is 7.11 Å². The lowest BCUT2D eigenvalue weighted by atomic mass is 10.2. The number of rotatable bonds is 4. The number of hydrogen-bond donors (Lipinski definition) is 4. The van der Waals surface area contributed by atoms with Crippen LogP contribution in [0.15, 0.2) is 28.2 Å². The van der Waals surface area contributed by atoms with E-state index in [2.05, 4.69) is 15.3 Å². The highest BCUT2D eigenvalue weighted by Crippen LogP contribution is 2.30. The summed E-state index contributed by atoms with van der Waals surface area (Å²) < 4.78 is 5.15. The molecule has 0 aromatic heterocycles. The van der Waals surface area contributed by atoms with Crippen molar-refractivity contribution in [1.29, 1.82) is 0 Å². The number of nitrogens with one attached hydrogen (secondary N) is 1. The van der Waals surface area contributed by atoms with Gasteiger partial charge in [0.15, 0.2) is 5.96 Å². The highest BCUT2D eigenvalue weighted by atomic mass is 16.5. The van der Waals surface area contributed by atoms with Crippen molar-refractivity contribution in [3.05, 3.63) is 18.2 Å². The minimum Gasteiger partial charge on any atom is -0.494 e. The fourth-order valence-electron chi connectivity index (χ4n) is 1.39. The number of carbonyl (C=O) groups is 1. The van der Waals surface area contributed by atoms with E-state index in [1.54, 1.807) is 25.1 Å². The van der Waals surface area contributed by atoms with Crippen molar-refractivity contribution in [2.24, 2.45) is 27.2 Å². The van der Waals surface area contributed by atoms with Crippen LogP contribution < -0.4 is 27.3 Å². The van der Waals surface area contributed by atoms with E-state index in [9.17, 15) is 4.79 Å². The van der Waals surface area contributed by atoms with Crippen molar-refractivity contribution in [2.45, 2.75) is 13.3 Å². The van der Waals surface area contributed by atoms with Crippen LogP contribution in [0.5, 0.6) is 5.75 Å². The van der Waals surface area contributed by atoms with E-state index in [-0.39, 0.29) is 17.8 Å². The summed E-state index contributed by atoms with van der Waals surface area (Å²) in [6.45, 7) is 1.76. The van der Waals surface area contributed by atoms with Gasteiger partial charge in [-0.05, 0) is 18.2 Å². The Labute approximate surface area is 116 Å². The van der Waals surface area contributed by atoms with Crippen molar-refractivity contribution < 1.29 is 9.53 Å². The standard InChI is InChI=1S/C12H18N6O2/c1-3-10(19)16-7-4-5-9(20-2)8(6-7)17-12(15)18-11(13)14/h4-6H,3H2,1-2H3,(H,16,19)(H6,13,14,15,17,18). The van der Waals surface area contributed by atoms with Gasteiger partial charge in [-0.1, -0.05) is 6.92 Å². The van der Waals surface area contributed by atoms with Gasteiger partial charge in [-0.15, -0.1) is 0 Å². The molecule has 0 radical (unpaired) electrons. The van der Waals surface area contributed by atoms with Crippen LogP contribution in [0.2, 0.25) is 0 Å². The van der Waals surface area contributed by atoms with E-state index < -0.39 is 0 Å². The summed E-state index contributed by atoms with van der Waals surface area (Å²) in [5.41, 5.74) is 17.0. The summed E-state index contributed by atoms with van der Waals surface area (Å²) in [5.74, 6) is 0.0680. The van der Waals surface area contributed by atoms with E-state index in [1.807, 2.05) is 0 Å². The molecular weight excluding hydrogens is 260 g/mol. The molecule has 0 atom stereocenters. The molecule has 7 N–H and O–H groups in total. The van der Waals surface area contributed by atoms with Crippen LogP contribution in [-0.2, 0) is 4.79 Å². The molecule has 1 amide bonds. The molecule has 1 rings (SSSR count). The Bertz CT molecular complexity index is 549. The molecule has 0 saturated heterocycles. The van der Waals surface area contributed by atoms with E-state index in [0.29, 0.717) is 23.5 Å². The van der Waals surface area contributed by atoms with Gasteiger partial charge < -0.3 is 27.3 Å². The minimum atomic E-state index is -0.194. The zero-order chi connectivity index (χ0) is 15.1. The number of nitrogens with two attached hydrogens (primary N) is 3. The van der Waals surface area contributed by atoms with Gasteiger partial charge in [-0.25, -0.2) is 4.99 Å². The van der Waals surface area contributed by atoms with Gasteiger partial charge in [0.05, 0.1) is 7.11 Å². The first-order chi connectivity index (χ1) is 9.46. The second kappa shape index (κ2) is 6.98. The highest BCUT2D eigenvalue weighted by molar-refractivity contribution is 5.95. The molecule has 0 heterocycles. The summed E-state index contributed by atoms with van der Waals surface area (Å²) >= 11 is 0. The van der Waals surface area contributed by atoms with E-state index in [4.69, 9.17) is 21.9 Å². The largest absolute Gasteiger partial charge is 0.494 e. The predicted molar refractivity (Wildman–Crippen MR) is 79.0 cm³/mol. The van der Waals surface area contributed by atoms with Crippen LogP contribution in [0, 0.1) is 0 Å². The number of nitrogens with zero attached hydrogens (tertiary/aromatic N) is 2. The molecule has 0 bridgehead atoms. The maximum atomic E-state index is 11.4. The van der Waals surface area contributed by atoms with Gasteiger partial charge in [-0.2, -0.15) is 4.99 Å². The Balaban J connectivity index is 3.12. The van der Waals surface area contributed by atoms with Crippen LogP contribution in [0.4, 0.5) is 11.4 Å². The maximum absolute atomic E-state index is 11.4. The van der Waals surface area contributed by atoms with Gasteiger partial charge in [0.25, 0.3) is 0 Å². The Morgan fingerprint density at radius 3 is 2.60 bits per heavy atom. The Morgan fingerprint density at radius 1 is 1.35 bits per heavy atom. The van der Waals surface area contributed by atoms with Crippen LogP contribution >= 0.6 is 0 Å². The lowest BCUT2D eigenvalue weighted by Crippen LogP contribution is -2.26. The number of hydrogen-bond acceptors (Lipinski definition) is 3. The van der Waals surface area contributed by atoms with Gasteiger partial charge in [0.2, 0.25) is 11.9 Å². The number of guanidine groups is 2. The smallest absolute Gasteiger partial charge is 0.224 e. The first-order valence-electron chi connectivity index (χ1n) is 5.88. The second-order valence-corrected chi connectivity index (χ2v) is 3.80. The van der Waals surface area contributed by atoms with Crippen molar-refractivity contribution in [2.75, 3.05) is 12.4 Å². The number of aliphatic imine (C=N–C) groups is 2. The molecule has 108 valence electrons. The molecule has 1 aromatic rings. The van der Waals surface area contributed by atoms with Crippen molar-refractivity contribution in [3.63, 3.8) is 0 Å². The van der Waals surface area contributed by atoms with E-state index >= 15 is 0 Å². The zero-order valence-corrected chi connectivity index (χ0v) is 11.4. The normalized spacial score (nSPS) is 10.8. The van der Waals surface area contributed by atoms with Crippen molar-refractivity contribution in [1.82, 2.24) is 0 Å². The van der Waals surface area contributed by atoms with Crippen LogP contribution in [0.3, 0.4) is 0 Å². The summed E-state index contributed by atoms with van der Waals surface area (Å²) in [5, 5.41) is 2.71. The topological polar surface area (TPSA) is 141 Å². The minimum absolute atomic E-state index is 0.109. The number of carbonyl (C=O) groups excluding carboxylic acids is 1. The maximum Gasteiger partial charge on any atom is 0.224 e. The first kappa shape index (κ1) is 15.3. The second-order valence-electron chi connectivity index (χ2n) is 3.80. The van der Waals surface area contributed by atoms with Crippen LogP contribution in [0.25, 0.3) is 0 Å². The number of methoxy groups -OCH3 is 1. The van der Waals surface area contributed by atoms with Crippen LogP contribution in [-0.4, -0.2) is 24.9 Å². The third kappa shape index (κ3) is 4.48. The number of anilines is 1. The molecule has 0 aliphatic heterocycles. The summed E-state index contributed by atoms with van der Waals surface area (Å²) in [7, 11) is 1.50.